The van der Waals surface area contributed by atoms with Crippen molar-refractivity contribution in [3.63, 3.8) is 0 Å². The molecule has 28 heavy (non-hydrogen) atoms. The van der Waals surface area contributed by atoms with Crippen LogP contribution in [0.25, 0.3) is 0 Å². The van der Waals surface area contributed by atoms with Crippen molar-refractivity contribution in [1.82, 2.24) is 20.4 Å². The molecule has 1 aliphatic rings. The minimum atomic E-state index is -0.708. The molecule has 1 saturated carbocycles. The van der Waals surface area contributed by atoms with E-state index >= 15 is 0 Å². The van der Waals surface area contributed by atoms with Gasteiger partial charge in [0, 0.05) is 53.8 Å². The second-order valence-electron chi connectivity index (χ2n) is 7.25. The third-order valence-corrected chi connectivity index (χ3v) is 6.94. The molecule has 0 saturated heterocycles. The number of guanidine groups is 1. The molecule has 0 spiro atoms. The van der Waals surface area contributed by atoms with Crippen molar-refractivity contribution in [2.24, 2.45) is 4.99 Å². The highest BCUT2D eigenvalue weighted by molar-refractivity contribution is 7.85. The summed E-state index contributed by atoms with van der Waals surface area (Å²) in [6.07, 6.45) is 8.04. The number of benzene rings is 1. The first-order chi connectivity index (χ1) is 13.7. The van der Waals surface area contributed by atoms with Crippen molar-refractivity contribution in [3.05, 3.63) is 53.9 Å². The van der Waals surface area contributed by atoms with Gasteiger partial charge in [-0.2, -0.15) is 5.10 Å². The van der Waals surface area contributed by atoms with Crippen LogP contribution in [0.2, 0.25) is 0 Å². The van der Waals surface area contributed by atoms with Gasteiger partial charge in [0.15, 0.2) is 5.96 Å². The van der Waals surface area contributed by atoms with Gasteiger partial charge in [-0.3, -0.25) is 13.9 Å². The molecule has 2 N–H and O–H groups in total. The Morgan fingerprint density at radius 1 is 1.32 bits per heavy atom. The molecule has 0 radical (unpaired) electrons. The molecule has 1 aliphatic carbocycles. The maximum absolute atomic E-state index is 12.2. The highest BCUT2D eigenvalue weighted by Gasteiger charge is 2.25. The summed E-state index contributed by atoms with van der Waals surface area (Å²) < 4.78 is 14.1. The summed E-state index contributed by atoms with van der Waals surface area (Å²) in [4.78, 5) is 4.37. The van der Waals surface area contributed by atoms with E-state index in [9.17, 15) is 4.21 Å². The molecule has 3 unspecified atom stereocenters. The first-order valence-corrected chi connectivity index (χ1v) is 11.5. The monoisotopic (exact) mass is 401 g/mol. The van der Waals surface area contributed by atoms with E-state index in [-0.39, 0.29) is 0 Å². The van der Waals surface area contributed by atoms with E-state index in [1.54, 1.807) is 13.2 Å². The third-order valence-electron chi connectivity index (χ3n) is 5.20. The van der Waals surface area contributed by atoms with E-state index in [0.29, 0.717) is 17.8 Å². The Bertz CT molecular complexity index is 790. The van der Waals surface area contributed by atoms with Crippen LogP contribution in [0.4, 0.5) is 0 Å². The Balaban J connectivity index is 1.52. The molecule has 0 bridgehead atoms. The first kappa shape index (κ1) is 20.6. The quantitative estimate of drug-likeness (QED) is 0.553. The molecule has 1 aromatic carbocycles. The van der Waals surface area contributed by atoms with Crippen molar-refractivity contribution >= 4 is 16.8 Å². The SMILES string of the molecule is CCS(=O)C1CCCC(NC(=NC)NCc2cccc(Cn3cccn3)c2)C1. The van der Waals surface area contributed by atoms with Gasteiger partial charge in [-0.25, -0.2) is 0 Å². The van der Waals surface area contributed by atoms with Gasteiger partial charge in [0.05, 0.1) is 6.54 Å². The molecular formula is C21H31N5OS. The lowest BCUT2D eigenvalue weighted by Crippen LogP contribution is -2.46. The average molecular weight is 402 g/mol. The van der Waals surface area contributed by atoms with Gasteiger partial charge in [-0.15, -0.1) is 0 Å². The first-order valence-electron chi connectivity index (χ1n) is 10.1. The molecule has 1 aromatic heterocycles. The van der Waals surface area contributed by atoms with Gasteiger partial charge in [0.2, 0.25) is 0 Å². The van der Waals surface area contributed by atoms with Crippen molar-refractivity contribution in [2.75, 3.05) is 12.8 Å². The molecule has 152 valence electrons. The predicted octanol–water partition coefficient (Wildman–Crippen LogP) is 2.68. The zero-order chi connectivity index (χ0) is 19.8. The number of hydrogen-bond donors (Lipinski definition) is 2. The molecule has 0 amide bonds. The number of hydrogen-bond acceptors (Lipinski definition) is 3. The third kappa shape index (κ3) is 5.92. The molecule has 3 rings (SSSR count). The summed E-state index contributed by atoms with van der Waals surface area (Å²) in [5.74, 6) is 1.56. The van der Waals surface area contributed by atoms with Crippen LogP contribution < -0.4 is 10.6 Å². The van der Waals surface area contributed by atoms with Gasteiger partial charge in [-0.1, -0.05) is 37.6 Å². The summed E-state index contributed by atoms with van der Waals surface area (Å²) in [6, 6.07) is 10.8. The standard InChI is InChI=1S/C21H31N5OS/c1-3-28(27)20-10-5-9-19(14-20)25-21(22-2)23-15-17-7-4-8-18(13-17)16-26-12-6-11-24-26/h4,6-8,11-13,19-20H,3,5,9-10,14-16H2,1-2H3,(H2,22,23,25). The molecule has 1 heterocycles. The largest absolute Gasteiger partial charge is 0.354 e. The number of rotatable bonds is 7. The fourth-order valence-corrected chi connectivity index (χ4v) is 5.09. The minimum absolute atomic E-state index is 0.313. The molecule has 1 fully saturated rings. The molecular weight excluding hydrogens is 370 g/mol. The van der Waals surface area contributed by atoms with E-state index in [1.165, 1.54) is 11.1 Å². The second kappa shape index (κ2) is 10.4. The van der Waals surface area contributed by atoms with Crippen molar-refractivity contribution in [2.45, 2.75) is 57.0 Å². The molecule has 6 nitrogen and oxygen atoms in total. The average Bonchev–Trinajstić information content (AvgIpc) is 3.24. The summed E-state index contributed by atoms with van der Waals surface area (Å²) in [5, 5.41) is 11.5. The number of nitrogens with one attached hydrogen (secondary N) is 2. The molecule has 7 heteroatoms. The number of aliphatic imine (C=N–C) groups is 1. The lowest BCUT2D eigenvalue weighted by molar-refractivity contribution is 0.413. The van der Waals surface area contributed by atoms with Gasteiger partial charge in [0.1, 0.15) is 0 Å². The van der Waals surface area contributed by atoms with Gasteiger partial charge in [0.25, 0.3) is 0 Å². The number of nitrogens with zero attached hydrogens (tertiary/aromatic N) is 3. The van der Waals surface area contributed by atoms with Gasteiger partial charge in [-0.05, 0) is 36.5 Å². The van der Waals surface area contributed by atoms with Crippen LogP contribution in [0.15, 0.2) is 47.7 Å². The Labute approximate surface area is 170 Å². The summed E-state index contributed by atoms with van der Waals surface area (Å²) in [5.41, 5.74) is 2.43. The van der Waals surface area contributed by atoms with Crippen molar-refractivity contribution in [1.29, 1.82) is 0 Å². The van der Waals surface area contributed by atoms with Crippen LogP contribution in [0.1, 0.15) is 43.7 Å². The van der Waals surface area contributed by atoms with E-state index in [2.05, 4.69) is 45.0 Å². The summed E-state index contributed by atoms with van der Waals surface area (Å²) >= 11 is 0. The van der Waals surface area contributed by atoms with Crippen LogP contribution in [0.3, 0.4) is 0 Å². The Kier molecular flexibility index (Phi) is 7.65. The fourth-order valence-electron chi connectivity index (χ4n) is 3.74. The minimum Gasteiger partial charge on any atom is -0.354 e. The zero-order valence-corrected chi connectivity index (χ0v) is 17.6. The number of aromatic nitrogens is 2. The predicted molar refractivity (Wildman–Crippen MR) is 116 cm³/mol. The lowest BCUT2D eigenvalue weighted by Gasteiger charge is -2.30. The van der Waals surface area contributed by atoms with E-state index in [1.807, 2.05) is 23.9 Å². The molecule has 3 atom stereocenters. The maximum atomic E-state index is 12.2. The van der Waals surface area contributed by atoms with Crippen LogP contribution in [0, 0.1) is 0 Å². The van der Waals surface area contributed by atoms with Crippen LogP contribution >= 0.6 is 0 Å². The van der Waals surface area contributed by atoms with E-state index < -0.39 is 10.8 Å². The smallest absolute Gasteiger partial charge is 0.191 e. The van der Waals surface area contributed by atoms with Crippen molar-refractivity contribution in [3.8, 4) is 0 Å². The molecule has 0 aliphatic heterocycles. The van der Waals surface area contributed by atoms with Crippen LogP contribution in [-0.2, 0) is 23.9 Å². The molecule has 2 aromatic rings. The Morgan fingerprint density at radius 3 is 2.93 bits per heavy atom. The van der Waals surface area contributed by atoms with Crippen molar-refractivity contribution < 1.29 is 4.21 Å². The van der Waals surface area contributed by atoms with Crippen LogP contribution in [0.5, 0.6) is 0 Å². The second-order valence-corrected chi connectivity index (χ2v) is 9.25. The highest BCUT2D eigenvalue weighted by atomic mass is 32.2. The summed E-state index contributed by atoms with van der Waals surface area (Å²) in [6.45, 7) is 3.49. The fraction of sp³-hybridized carbons (Fsp3) is 0.524. The Morgan fingerprint density at radius 2 is 2.18 bits per heavy atom. The normalized spacial score (nSPS) is 21.3. The van der Waals surface area contributed by atoms with Gasteiger partial charge >= 0.3 is 0 Å². The van der Waals surface area contributed by atoms with E-state index in [0.717, 1.165) is 43.9 Å². The summed E-state index contributed by atoms with van der Waals surface area (Å²) in [7, 11) is 1.09. The topological polar surface area (TPSA) is 71.3 Å². The van der Waals surface area contributed by atoms with E-state index in [4.69, 9.17) is 0 Å². The highest BCUT2D eigenvalue weighted by Crippen LogP contribution is 2.23. The van der Waals surface area contributed by atoms with Crippen LogP contribution in [-0.4, -0.2) is 44.0 Å². The maximum Gasteiger partial charge on any atom is 0.191 e. The Hall–Kier alpha value is -2.15. The zero-order valence-electron chi connectivity index (χ0n) is 16.8. The van der Waals surface area contributed by atoms with Gasteiger partial charge < -0.3 is 10.6 Å². The lowest BCUT2D eigenvalue weighted by atomic mass is 9.95.